The van der Waals surface area contributed by atoms with Gasteiger partial charge in [-0.1, -0.05) is 57.0 Å². The molecular weight excluding hydrogens is 377 g/mol. The summed E-state index contributed by atoms with van der Waals surface area (Å²) in [4.78, 5) is 14.5. The first-order chi connectivity index (χ1) is 11.0. The Balaban J connectivity index is 0.00000288. The average Bonchev–Trinajstić information content (AvgIpc) is 2.57. The molecule has 7 heteroatoms. The monoisotopic (exact) mass is 407 g/mol. The number of thiol groups is 1. The minimum atomic E-state index is -0.568. The van der Waals surface area contributed by atoms with Crippen molar-refractivity contribution in [1.29, 1.82) is 0 Å². The van der Waals surface area contributed by atoms with E-state index in [1.807, 2.05) is 23.1 Å². The molecule has 0 bridgehead atoms. The average molecular weight is 408 g/mol. The standard InChI is InChI=1S/C18H29N3OS.2ClH/c1-3-5-11-18(19)17(15(23)4-2)21(16(22)12-20-18)13-14-9-7-6-8-10-14;;/h6-10,15,17,20,23H,3-5,11-13,19H2,1-2H3;2*1H. The molecule has 1 aromatic carbocycles. The molecule has 1 amide bonds. The predicted octanol–water partition coefficient (Wildman–Crippen LogP) is 3.38. The lowest BCUT2D eigenvalue weighted by molar-refractivity contribution is -0.140. The summed E-state index contributed by atoms with van der Waals surface area (Å²) in [5.74, 6) is 0.101. The number of unbranched alkanes of at least 4 members (excludes halogenated alkanes) is 1. The lowest BCUT2D eigenvalue weighted by Crippen LogP contribution is -2.75. The van der Waals surface area contributed by atoms with Crippen LogP contribution in [0.4, 0.5) is 0 Å². The number of halogens is 2. The number of nitrogens with one attached hydrogen (secondary N) is 1. The Kier molecular flexibility index (Phi) is 11.1. The van der Waals surface area contributed by atoms with Gasteiger partial charge in [-0.25, -0.2) is 0 Å². The summed E-state index contributed by atoms with van der Waals surface area (Å²) >= 11 is 4.76. The predicted molar refractivity (Wildman–Crippen MR) is 113 cm³/mol. The highest BCUT2D eigenvalue weighted by molar-refractivity contribution is 7.81. The van der Waals surface area contributed by atoms with Gasteiger partial charge in [0, 0.05) is 11.8 Å². The fraction of sp³-hybridized carbons (Fsp3) is 0.611. The van der Waals surface area contributed by atoms with E-state index in [1.165, 1.54) is 0 Å². The number of nitrogens with two attached hydrogens (primary N) is 1. The fourth-order valence-corrected chi connectivity index (χ4v) is 3.75. The molecule has 0 saturated carbocycles. The Bertz CT molecular complexity index is 520. The van der Waals surface area contributed by atoms with Gasteiger partial charge in [-0.05, 0) is 18.4 Å². The lowest BCUT2D eigenvalue weighted by atomic mass is 9.87. The van der Waals surface area contributed by atoms with Gasteiger partial charge >= 0.3 is 0 Å². The Morgan fingerprint density at radius 1 is 1.32 bits per heavy atom. The summed E-state index contributed by atoms with van der Waals surface area (Å²) in [6.07, 6.45) is 3.85. The zero-order valence-corrected chi connectivity index (χ0v) is 17.5. The van der Waals surface area contributed by atoms with E-state index < -0.39 is 5.66 Å². The number of carbonyl (C=O) groups is 1. The zero-order valence-electron chi connectivity index (χ0n) is 15.0. The quantitative estimate of drug-likeness (QED) is 0.607. The van der Waals surface area contributed by atoms with Gasteiger partial charge in [-0.15, -0.1) is 24.8 Å². The van der Waals surface area contributed by atoms with Crippen molar-refractivity contribution >= 4 is 43.4 Å². The minimum Gasteiger partial charge on any atom is -0.330 e. The van der Waals surface area contributed by atoms with Crippen LogP contribution in [0.3, 0.4) is 0 Å². The van der Waals surface area contributed by atoms with Crippen molar-refractivity contribution in [1.82, 2.24) is 10.2 Å². The van der Waals surface area contributed by atoms with Crippen LogP contribution in [-0.2, 0) is 11.3 Å². The molecule has 0 aromatic heterocycles. The molecule has 1 heterocycles. The third-order valence-corrected chi connectivity index (χ3v) is 5.32. The number of benzene rings is 1. The summed E-state index contributed by atoms with van der Waals surface area (Å²) in [6, 6.07) is 9.99. The third kappa shape index (κ3) is 6.04. The maximum Gasteiger partial charge on any atom is 0.237 e. The summed E-state index contributed by atoms with van der Waals surface area (Å²) < 4.78 is 0. The van der Waals surface area contributed by atoms with Gasteiger partial charge in [0.15, 0.2) is 0 Å². The van der Waals surface area contributed by atoms with E-state index in [-0.39, 0.29) is 42.0 Å². The molecule has 2 rings (SSSR count). The van der Waals surface area contributed by atoms with E-state index in [2.05, 4.69) is 31.3 Å². The second-order valence-electron chi connectivity index (χ2n) is 6.43. The first-order valence-electron chi connectivity index (χ1n) is 8.57. The molecule has 25 heavy (non-hydrogen) atoms. The fourth-order valence-electron chi connectivity index (χ4n) is 3.33. The number of amides is 1. The molecule has 1 saturated heterocycles. The summed E-state index contributed by atoms with van der Waals surface area (Å²) in [6.45, 7) is 5.14. The van der Waals surface area contributed by atoms with E-state index in [0.29, 0.717) is 13.1 Å². The number of hydrogen-bond donors (Lipinski definition) is 3. The van der Waals surface area contributed by atoms with Gasteiger partial charge in [-0.3, -0.25) is 10.1 Å². The third-order valence-electron chi connectivity index (χ3n) is 4.68. The normalized spacial score (nSPS) is 24.2. The number of piperazine rings is 1. The smallest absolute Gasteiger partial charge is 0.237 e. The van der Waals surface area contributed by atoms with Crippen molar-refractivity contribution in [3.05, 3.63) is 35.9 Å². The van der Waals surface area contributed by atoms with Gasteiger partial charge < -0.3 is 10.6 Å². The van der Waals surface area contributed by atoms with E-state index in [9.17, 15) is 4.79 Å². The van der Waals surface area contributed by atoms with Gasteiger partial charge in [0.25, 0.3) is 0 Å². The van der Waals surface area contributed by atoms with Gasteiger partial charge in [0.2, 0.25) is 5.91 Å². The highest BCUT2D eigenvalue weighted by Crippen LogP contribution is 2.29. The van der Waals surface area contributed by atoms with Crippen LogP contribution in [0.2, 0.25) is 0 Å². The Morgan fingerprint density at radius 2 is 1.96 bits per heavy atom. The summed E-state index contributed by atoms with van der Waals surface area (Å²) in [5, 5.41) is 3.35. The molecule has 1 aliphatic heterocycles. The van der Waals surface area contributed by atoms with Crippen LogP contribution in [0.15, 0.2) is 30.3 Å². The van der Waals surface area contributed by atoms with Crippen LogP contribution in [-0.4, -0.2) is 34.3 Å². The largest absolute Gasteiger partial charge is 0.330 e. The molecule has 1 fully saturated rings. The number of hydrogen-bond acceptors (Lipinski definition) is 4. The van der Waals surface area contributed by atoms with Crippen LogP contribution in [0.25, 0.3) is 0 Å². The van der Waals surface area contributed by atoms with E-state index in [0.717, 1.165) is 31.2 Å². The van der Waals surface area contributed by atoms with E-state index in [1.54, 1.807) is 0 Å². The van der Waals surface area contributed by atoms with Gasteiger partial charge in [-0.2, -0.15) is 12.6 Å². The highest BCUT2D eigenvalue weighted by Gasteiger charge is 2.46. The molecule has 3 N–H and O–H groups in total. The van der Waals surface area contributed by atoms with Crippen molar-refractivity contribution < 1.29 is 4.79 Å². The number of rotatable bonds is 7. The molecule has 0 spiro atoms. The molecule has 0 radical (unpaired) electrons. The van der Waals surface area contributed by atoms with Crippen LogP contribution in [0, 0.1) is 0 Å². The molecule has 144 valence electrons. The second kappa shape index (κ2) is 11.3. The maximum atomic E-state index is 12.6. The van der Waals surface area contributed by atoms with Crippen molar-refractivity contribution in [3.8, 4) is 0 Å². The zero-order chi connectivity index (χ0) is 16.9. The Morgan fingerprint density at radius 3 is 2.52 bits per heavy atom. The molecule has 3 unspecified atom stereocenters. The van der Waals surface area contributed by atoms with Crippen molar-refractivity contribution in [2.75, 3.05) is 6.54 Å². The van der Waals surface area contributed by atoms with Crippen molar-refractivity contribution in [3.63, 3.8) is 0 Å². The van der Waals surface area contributed by atoms with Crippen LogP contribution in [0.1, 0.15) is 45.1 Å². The Labute approximate surface area is 169 Å². The van der Waals surface area contributed by atoms with Crippen LogP contribution < -0.4 is 11.1 Å². The summed E-state index contributed by atoms with van der Waals surface area (Å²) in [7, 11) is 0. The van der Waals surface area contributed by atoms with Crippen LogP contribution >= 0.6 is 37.4 Å². The van der Waals surface area contributed by atoms with E-state index >= 15 is 0 Å². The molecule has 1 aromatic rings. The topological polar surface area (TPSA) is 58.4 Å². The molecular formula is C18H31Cl2N3OS. The van der Waals surface area contributed by atoms with Crippen LogP contribution in [0.5, 0.6) is 0 Å². The van der Waals surface area contributed by atoms with Gasteiger partial charge in [0.05, 0.1) is 18.2 Å². The second-order valence-corrected chi connectivity index (χ2v) is 7.09. The number of carbonyl (C=O) groups excluding carboxylic acids is 1. The Hall–Kier alpha value is -0.460. The molecule has 0 aliphatic carbocycles. The molecule has 4 nitrogen and oxygen atoms in total. The van der Waals surface area contributed by atoms with E-state index in [4.69, 9.17) is 18.4 Å². The summed E-state index contributed by atoms with van der Waals surface area (Å²) in [5.41, 5.74) is 7.28. The molecule has 3 atom stereocenters. The van der Waals surface area contributed by atoms with Crippen molar-refractivity contribution in [2.24, 2.45) is 5.73 Å². The first kappa shape index (κ1) is 24.5. The maximum absolute atomic E-state index is 12.6. The highest BCUT2D eigenvalue weighted by atomic mass is 35.5. The SMILES string of the molecule is CCCCC1(N)NCC(=O)N(Cc2ccccc2)C1C(S)CC.Cl.Cl. The van der Waals surface area contributed by atoms with Gasteiger partial charge in [0.1, 0.15) is 0 Å². The molecule has 1 aliphatic rings. The minimum absolute atomic E-state index is 0. The number of nitrogens with zero attached hydrogens (tertiary/aromatic N) is 1. The first-order valence-corrected chi connectivity index (χ1v) is 9.08. The lowest BCUT2D eigenvalue weighted by Gasteiger charge is -2.50. The van der Waals surface area contributed by atoms with Crippen molar-refractivity contribution in [2.45, 2.75) is 63.0 Å².